The third-order valence-corrected chi connectivity index (χ3v) is 6.60. The predicted molar refractivity (Wildman–Crippen MR) is 135 cm³/mol. The highest BCUT2D eigenvalue weighted by Crippen LogP contribution is 2.32. The summed E-state index contributed by atoms with van der Waals surface area (Å²) in [7, 11) is 0. The summed E-state index contributed by atoms with van der Waals surface area (Å²) in [6.07, 6.45) is 0.00439. The topological polar surface area (TPSA) is 111 Å². The van der Waals surface area contributed by atoms with E-state index >= 15 is 0 Å². The smallest absolute Gasteiger partial charge is 0.407 e. The first-order chi connectivity index (χ1) is 17.0. The first-order valence-electron chi connectivity index (χ1n) is 12.2. The summed E-state index contributed by atoms with van der Waals surface area (Å²) in [5.74, 6) is -0.879. The molecule has 2 aliphatic heterocycles. The summed E-state index contributed by atoms with van der Waals surface area (Å²) >= 11 is 0. The van der Waals surface area contributed by atoms with Gasteiger partial charge in [0.05, 0.1) is 5.92 Å². The second kappa shape index (κ2) is 10.1. The minimum absolute atomic E-state index is 0.0994. The zero-order valence-corrected chi connectivity index (χ0v) is 20.9. The van der Waals surface area contributed by atoms with Gasteiger partial charge in [0.25, 0.3) is 0 Å². The van der Waals surface area contributed by atoms with Crippen molar-refractivity contribution >= 4 is 29.5 Å². The van der Waals surface area contributed by atoms with Gasteiger partial charge in [0.1, 0.15) is 11.4 Å². The van der Waals surface area contributed by atoms with Gasteiger partial charge >= 0.3 is 18.1 Å². The van der Waals surface area contributed by atoms with E-state index in [2.05, 4.69) is 0 Å². The number of carboxylic acid groups (broad SMARTS) is 1. The Kier molecular flexibility index (Phi) is 7.10. The summed E-state index contributed by atoms with van der Waals surface area (Å²) in [5, 5.41) is 19.2. The molecule has 4 rings (SSSR count). The van der Waals surface area contributed by atoms with E-state index in [1.807, 2.05) is 45.0 Å². The Hall–Kier alpha value is -3.75. The number of rotatable bonds is 6. The molecule has 2 aromatic rings. The third kappa shape index (κ3) is 5.72. The van der Waals surface area contributed by atoms with Gasteiger partial charge in [0, 0.05) is 43.6 Å². The van der Waals surface area contributed by atoms with Gasteiger partial charge in [-0.25, -0.2) is 9.59 Å². The van der Waals surface area contributed by atoms with Gasteiger partial charge in [-0.3, -0.25) is 14.6 Å². The van der Waals surface area contributed by atoms with Crippen LogP contribution >= 0.6 is 0 Å². The van der Waals surface area contributed by atoms with Crippen molar-refractivity contribution in [1.82, 2.24) is 4.90 Å². The van der Waals surface area contributed by atoms with Crippen molar-refractivity contribution in [3.8, 4) is 5.75 Å². The average molecular weight is 496 g/mol. The molecule has 192 valence electrons. The Bertz CT molecular complexity index is 1140. The summed E-state index contributed by atoms with van der Waals surface area (Å²) < 4.78 is 5.70. The molecule has 9 heteroatoms. The van der Waals surface area contributed by atoms with E-state index in [9.17, 15) is 24.6 Å². The summed E-state index contributed by atoms with van der Waals surface area (Å²) in [4.78, 5) is 42.4. The second-order valence-electron chi connectivity index (χ2n) is 10.4. The van der Waals surface area contributed by atoms with Crippen molar-refractivity contribution in [3.05, 3.63) is 54.1 Å². The molecule has 2 aromatic carbocycles. The van der Waals surface area contributed by atoms with Crippen LogP contribution in [0.25, 0.3) is 0 Å². The molecule has 9 nitrogen and oxygen atoms in total. The van der Waals surface area contributed by atoms with Crippen LogP contribution in [-0.4, -0.2) is 65.0 Å². The monoisotopic (exact) mass is 495 g/mol. The molecule has 2 saturated heterocycles. The summed E-state index contributed by atoms with van der Waals surface area (Å²) in [6.45, 7) is 7.12. The number of nitrogens with zero attached hydrogens (tertiary/aromatic N) is 3. The molecule has 2 heterocycles. The Morgan fingerprint density at radius 1 is 1.03 bits per heavy atom. The fourth-order valence-corrected chi connectivity index (χ4v) is 4.89. The van der Waals surface area contributed by atoms with Crippen LogP contribution in [0.4, 0.5) is 21.0 Å². The van der Waals surface area contributed by atoms with E-state index < -0.39 is 17.6 Å². The highest BCUT2D eigenvalue weighted by atomic mass is 16.6. The molecule has 0 aromatic heterocycles. The molecular weight excluding hydrogens is 462 g/mol. The lowest BCUT2D eigenvalue weighted by Crippen LogP contribution is -2.36. The first kappa shape index (κ1) is 25.3. The van der Waals surface area contributed by atoms with Crippen molar-refractivity contribution in [1.29, 1.82) is 0 Å². The molecule has 2 N–H and O–H groups in total. The molecule has 2 atom stereocenters. The van der Waals surface area contributed by atoms with Gasteiger partial charge in [0.2, 0.25) is 0 Å². The number of phenols is 1. The molecule has 0 spiro atoms. The molecule has 0 saturated carbocycles. The molecule has 2 aliphatic rings. The number of carbonyl (C=O) groups is 3. The van der Waals surface area contributed by atoms with Crippen molar-refractivity contribution in [2.24, 2.45) is 11.8 Å². The highest BCUT2D eigenvalue weighted by molar-refractivity contribution is 6.06. The molecule has 0 radical (unpaired) electrons. The number of benzene rings is 2. The summed E-state index contributed by atoms with van der Waals surface area (Å²) in [6, 6.07) is 14.0. The lowest BCUT2D eigenvalue weighted by atomic mass is 9.86. The maximum atomic E-state index is 13.2. The molecule has 3 amide bonds. The normalized spacial score (nSPS) is 19.0. The second-order valence-corrected chi connectivity index (χ2v) is 10.4. The van der Waals surface area contributed by atoms with E-state index in [0.717, 1.165) is 11.3 Å². The SMILES string of the molecule is CC(C)(C)OC(=O)C(Cc1cccc(N2CCN(c3cccc(O)c3)C2=O)c1)[C@H]1CCN(C(=O)O)C1. The van der Waals surface area contributed by atoms with Gasteiger partial charge in [-0.15, -0.1) is 0 Å². The average Bonchev–Trinajstić information content (AvgIpc) is 3.44. The third-order valence-electron chi connectivity index (χ3n) is 6.60. The number of phenolic OH excluding ortho intramolecular Hbond substituents is 1. The van der Waals surface area contributed by atoms with Crippen LogP contribution in [0.1, 0.15) is 32.8 Å². The van der Waals surface area contributed by atoms with E-state index in [-0.39, 0.29) is 23.7 Å². The Morgan fingerprint density at radius 2 is 1.67 bits per heavy atom. The number of anilines is 2. The van der Waals surface area contributed by atoms with Crippen LogP contribution in [-0.2, 0) is 16.0 Å². The van der Waals surface area contributed by atoms with Gasteiger partial charge in [-0.1, -0.05) is 18.2 Å². The Morgan fingerprint density at radius 3 is 2.25 bits per heavy atom. The lowest BCUT2D eigenvalue weighted by molar-refractivity contribution is -0.161. The van der Waals surface area contributed by atoms with E-state index in [1.54, 1.807) is 34.1 Å². The van der Waals surface area contributed by atoms with Gasteiger partial charge in [-0.05, 0) is 69.4 Å². The predicted octanol–water partition coefficient (Wildman–Crippen LogP) is 4.34. The Balaban J connectivity index is 1.53. The summed E-state index contributed by atoms with van der Waals surface area (Å²) in [5.41, 5.74) is 1.58. The van der Waals surface area contributed by atoms with Gasteiger partial charge in [-0.2, -0.15) is 0 Å². The minimum Gasteiger partial charge on any atom is -0.508 e. The number of amides is 3. The van der Waals surface area contributed by atoms with Crippen molar-refractivity contribution in [2.45, 2.75) is 39.2 Å². The largest absolute Gasteiger partial charge is 0.508 e. The van der Waals surface area contributed by atoms with Crippen molar-refractivity contribution in [2.75, 3.05) is 36.0 Å². The maximum Gasteiger partial charge on any atom is 0.407 e. The van der Waals surface area contributed by atoms with Crippen molar-refractivity contribution < 1.29 is 29.3 Å². The van der Waals surface area contributed by atoms with E-state index in [1.165, 1.54) is 4.90 Å². The number of carbonyl (C=O) groups excluding carboxylic acids is 2. The van der Waals surface area contributed by atoms with Gasteiger partial charge in [0.15, 0.2) is 0 Å². The highest BCUT2D eigenvalue weighted by Gasteiger charge is 2.38. The van der Waals surface area contributed by atoms with Crippen LogP contribution in [0.5, 0.6) is 5.75 Å². The molecular formula is C27H33N3O6. The molecule has 2 fully saturated rings. The number of ether oxygens (including phenoxy) is 1. The number of likely N-dealkylation sites (tertiary alicyclic amines) is 1. The van der Waals surface area contributed by atoms with Crippen molar-refractivity contribution in [3.63, 3.8) is 0 Å². The zero-order valence-electron chi connectivity index (χ0n) is 20.9. The fraction of sp³-hybridized carbons (Fsp3) is 0.444. The number of esters is 1. The fourth-order valence-electron chi connectivity index (χ4n) is 4.89. The molecule has 0 aliphatic carbocycles. The molecule has 1 unspecified atom stereocenters. The van der Waals surface area contributed by atoms with Crippen LogP contribution in [0.3, 0.4) is 0 Å². The van der Waals surface area contributed by atoms with E-state index in [0.29, 0.717) is 44.7 Å². The number of hydrogen-bond donors (Lipinski definition) is 2. The van der Waals surface area contributed by atoms with Crippen LogP contribution < -0.4 is 9.80 Å². The van der Waals surface area contributed by atoms with Gasteiger partial charge < -0.3 is 19.8 Å². The van der Waals surface area contributed by atoms with E-state index in [4.69, 9.17) is 4.74 Å². The first-order valence-corrected chi connectivity index (χ1v) is 12.2. The van der Waals surface area contributed by atoms with Crippen LogP contribution in [0.2, 0.25) is 0 Å². The quantitative estimate of drug-likeness (QED) is 0.577. The maximum absolute atomic E-state index is 13.2. The zero-order chi connectivity index (χ0) is 26.0. The molecule has 0 bridgehead atoms. The number of urea groups is 1. The standard InChI is InChI=1S/C27H33N3O6/c1-27(2,3)36-24(32)23(19-10-11-28(17-19)26(34)35)15-18-6-4-7-20(14-18)29-12-13-30(25(29)33)21-8-5-9-22(31)16-21/h4-9,14,16,19,23,31H,10-13,15,17H2,1-3H3,(H,34,35)/t19-,23?/m0/s1. The lowest BCUT2D eigenvalue weighted by Gasteiger charge is -2.27. The van der Waals surface area contributed by atoms with Crippen LogP contribution in [0.15, 0.2) is 48.5 Å². The Labute approximate surface area is 210 Å². The minimum atomic E-state index is -0.980. The number of aromatic hydroxyl groups is 1. The van der Waals surface area contributed by atoms with Crippen LogP contribution in [0, 0.1) is 11.8 Å². The molecule has 36 heavy (non-hydrogen) atoms. The number of hydrogen-bond acceptors (Lipinski definition) is 5.